The summed E-state index contributed by atoms with van der Waals surface area (Å²) in [7, 11) is 6.53. The van der Waals surface area contributed by atoms with Gasteiger partial charge in [0, 0.05) is 102 Å². The highest BCUT2D eigenvalue weighted by molar-refractivity contribution is 8.77. The summed E-state index contributed by atoms with van der Waals surface area (Å²) in [5, 5.41) is 28.4. The number of carbonyl (C=O) groups excluding carboxylic acids is 2. The first-order chi connectivity index (χ1) is 23.3. The molecule has 268 valence electrons. The number of hydrogen-bond acceptors (Lipinski definition) is 14. The standard InChI is InChI=1S/C32H52N8O4S4/c1-27(41)23-37-13-17-39(25-29(43)33-11-21-45-47-31-7-3-5-9-35-31)19-15-38(24-28(2)42)16-20-40(18-14-37)26-30(44)34-12-22-46-48-32-8-4-6-10-36-32/h3-10,27-28,41-42H,11-26H2,1-2H3,(H,33,43)(H,34,44)/t27-,28-/m0/s1. The highest BCUT2D eigenvalue weighted by atomic mass is 33.1. The Kier molecular flexibility index (Phi) is 20.9. The Morgan fingerprint density at radius 1 is 0.667 bits per heavy atom. The van der Waals surface area contributed by atoms with Gasteiger partial charge < -0.3 is 20.8 Å². The Morgan fingerprint density at radius 3 is 1.38 bits per heavy atom. The van der Waals surface area contributed by atoms with Gasteiger partial charge in [0.25, 0.3) is 0 Å². The third-order valence-corrected chi connectivity index (χ3v) is 11.8. The second-order valence-corrected chi connectivity index (χ2v) is 16.6. The third-order valence-electron chi connectivity index (χ3n) is 7.29. The quantitative estimate of drug-likeness (QED) is 0.131. The second kappa shape index (κ2) is 24.5. The molecule has 3 heterocycles. The number of nitrogens with one attached hydrogen (secondary N) is 2. The zero-order chi connectivity index (χ0) is 34.4. The minimum Gasteiger partial charge on any atom is -0.392 e. The molecule has 0 unspecified atom stereocenters. The topological polar surface area (TPSA) is 137 Å². The normalized spacial score (nSPS) is 17.6. The average molecular weight is 741 g/mol. The molecule has 16 heteroatoms. The van der Waals surface area contributed by atoms with E-state index < -0.39 is 12.2 Å². The van der Waals surface area contributed by atoms with Gasteiger partial charge in [0.15, 0.2) is 0 Å². The van der Waals surface area contributed by atoms with Crippen molar-refractivity contribution in [3.63, 3.8) is 0 Å². The summed E-state index contributed by atoms with van der Waals surface area (Å²) in [6.07, 6.45) is 2.57. The molecule has 1 fully saturated rings. The van der Waals surface area contributed by atoms with Crippen molar-refractivity contribution in [2.45, 2.75) is 36.1 Å². The van der Waals surface area contributed by atoms with E-state index in [4.69, 9.17) is 0 Å². The monoisotopic (exact) mass is 740 g/mol. The van der Waals surface area contributed by atoms with Gasteiger partial charge in [-0.2, -0.15) is 0 Å². The Balaban J connectivity index is 1.49. The van der Waals surface area contributed by atoms with Gasteiger partial charge in [0.1, 0.15) is 10.1 Å². The van der Waals surface area contributed by atoms with E-state index in [2.05, 4.69) is 40.2 Å². The van der Waals surface area contributed by atoms with Gasteiger partial charge in [0.05, 0.1) is 25.3 Å². The summed E-state index contributed by atoms with van der Waals surface area (Å²) >= 11 is 0. The first-order valence-corrected chi connectivity index (χ1v) is 21.1. The van der Waals surface area contributed by atoms with Crippen LogP contribution in [0.4, 0.5) is 0 Å². The molecule has 2 aromatic heterocycles. The van der Waals surface area contributed by atoms with Crippen LogP contribution in [-0.2, 0) is 9.59 Å². The molecule has 12 nitrogen and oxygen atoms in total. The van der Waals surface area contributed by atoms with E-state index >= 15 is 0 Å². The molecular formula is C32H52N8O4S4. The fourth-order valence-corrected chi connectivity index (χ4v) is 8.56. The molecule has 2 amide bonds. The van der Waals surface area contributed by atoms with Gasteiger partial charge >= 0.3 is 0 Å². The Morgan fingerprint density at radius 2 is 1.04 bits per heavy atom. The van der Waals surface area contributed by atoms with Crippen molar-refractivity contribution in [3.05, 3.63) is 48.8 Å². The molecule has 48 heavy (non-hydrogen) atoms. The average Bonchev–Trinajstić information content (AvgIpc) is 3.06. The van der Waals surface area contributed by atoms with Crippen molar-refractivity contribution in [2.24, 2.45) is 0 Å². The van der Waals surface area contributed by atoms with Crippen molar-refractivity contribution in [3.8, 4) is 0 Å². The summed E-state index contributed by atoms with van der Waals surface area (Å²) in [6, 6.07) is 11.6. The highest BCUT2D eigenvalue weighted by Crippen LogP contribution is 2.28. The van der Waals surface area contributed by atoms with Gasteiger partial charge in [-0.05, 0) is 59.7 Å². The first-order valence-electron chi connectivity index (χ1n) is 16.5. The maximum atomic E-state index is 12.9. The van der Waals surface area contributed by atoms with Gasteiger partial charge in [-0.15, -0.1) is 0 Å². The van der Waals surface area contributed by atoms with Gasteiger partial charge in [-0.25, -0.2) is 9.97 Å². The molecule has 2 aromatic rings. The zero-order valence-electron chi connectivity index (χ0n) is 28.1. The van der Waals surface area contributed by atoms with Crippen LogP contribution in [0.2, 0.25) is 0 Å². The predicted molar refractivity (Wildman–Crippen MR) is 200 cm³/mol. The van der Waals surface area contributed by atoms with E-state index in [1.165, 1.54) is 0 Å². The van der Waals surface area contributed by atoms with E-state index in [-0.39, 0.29) is 24.9 Å². The fourth-order valence-electron chi connectivity index (χ4n) is 4.99. The summed E-state index contributed by atoms with van der Waals surface area (Å²) < 4.78 is 0. The molecule has 0 aliphatic carbocycles. The van der Waals surface area contributed by atoms with Gasteiger partial charge in [0.2, 0.25) is 11.8 Å². The van der Waals surface area contributed by atoms with Crippen molar-refractivity contribution >= 4 is 55.0 Å². The van der Waals surface area contributed by atoms with E-state index in [1.807, 2.05) is 36.4 Å². The molecule has 0 radical (unpaired) electrons. The van der Waals surface area contributed by atoms with Crippen molar-refractivity contribution in [1.82, 2.24) is 40.2 Å². The summed E-state index contributed by atoms with van der Waals surface area (Å²) in [5.41, 5.74) is 0. The lowest BCUT2D eigenvalue weighted by Crippen LogP contribution is -2.50. The molecule has 2 atom stereocenters. The number of rotatable bonds is 18. The largest absolute Gasteiger partial charge is 0.392 e. The van der Waals surface area contributed by atoms with Crippen LogP contribution < -0.4 is 10.6 Å². The molecule has 1 aliphatic rings. The molecule has 1 saturated heterocycles. The molecule has 3 rings (SSSR count). The lowest BCUT2D eigenvalue weighted by molar-refractivity contribution is -0.122. The van der Waals surface area contributed by atoms with Crippen molar-refractivity contribution in [2.75, 3.05) is 103 Å². The molecule has 1 aliphatic heterocycles. The number of β-amino-alcohol motifs (C(OH)–C–C–N with tert-alkyl or cyclic N) is 2. The van der Waals surface area contributed by atoms with Crippen LogP contribution in [0.25, 0.3) is 0 Å². The first kappa shape index (κ1) is 40.8. The number of carbonyl (C=O) groups is 2. The Labute approximate surface area is 301 Å². The molecular weight excluding hydrogens is 689 g/mol. The number of nitrogens with zero attached hydrogens (tertiary/aromatic N) is 6. The molecule has 4 N–H and O–H groups in total. The Bertz CT molecular complexity index is 1050. The lowest BCUT2D eigenvalue weighted by Gasteiger charge is -2.34. The molecule has 0 bridgehead atoms. The van der Waals surface area contributed by atoms with Crippen molar-refractivity contribution in [1.29, 1.82) is 0 Å². The lowest BCUT2D eigenvalue weighted by atomic mass is 10.2. The minimum absolute atomic E-state index is 0.0133. The van der Waals surface area contributed by atoms with Crippen LogP contribution in [-0.4, -0.2) is 167 Å². The maximum Gasteiger partial charge on any atom is 0.234 e. The third kappa shape index (κ3) is 19.0. The van der Waals surface area contributed by atoms with Gasteiger partial charge in [-0.3, -0.25) is 29.2 Å². The minimum atomic E-state index is -0.490. The van der Waals surface area contributed by atoms with Crippen LogP contribution in [0, 0.1) is 0 Å². The van der Waals surface area contributed by atoms with E-state index in [1.54, 1.807) is 69.4 Å². The number of amides is 2. The fraction of sp³-hybridized carbons (Fsp3) is 0.625. The van der Waals surface area contributed by atoms with E-state index in [0.717, 1.165) is 21.6 Å². The summed E-state index contributed by atoms with van der Waals surface area (Å²) in [5.74, 6) is 1.52. The SMILES string of the molecule is C[C@H](O)CN1CCN(CC(=O)NCCSSc2ccccn2)CCN(C[C@H](C)O)CCN(CC(=O)NCCSSc2ccccn2)CC1. The molecule has 0 aromatic carbocycles. The van der Waals surface area contributed by atoms with Crippen LogP contribution in [0.1, 0.15) is 13.8 Å². The van der Waals surface area contributed by atoms with E-state index in [9.17, 15) is 19.8 Å². The van der Waals surface area contributed by atoms with Crippen LogP contribution in [0.3, 0.4) is 0 Å². The van der Waals surface area contributed by atoms with Crippen LogP contribution >= 0.6 is 43.2 Å². The highest BCUT2D eigenvalue weighted by Gasteiger charge is 2.20. The predicted octanol–water partition coefficient (Wildman–Crippen LogP) is 1.87. The zero-order valence-corrected chi connectivity index (χ0v) is 31.4. The molecule has 0 spiro atoms. The van der Waals surface area contributed by atoms with E-state index in [0.29, 0.717) is 78.5 Å². The smallest absolute Gasteiger partial charge is 0.234 e. The summed E-state index contributed by atoms with van der Waals surface area (Å²) in [4.78, 5) is 43.2. The van der Waals surface area contributed by atoms with Crippen molar-refractivity contribution < 1.29 is 19.8 Å². The van der Waals surface area contributed by atoms with Crippen LogP contribution in [0.15, 0.2) is 58.8 Å². The maximum absolute atomic E-state index is 12.9. The number of aromatic nitrogens is 2. The molecule has 0 saturated carbocycles. The summed E-state index contributed by atoms with van der Waals surface area (Å²) in [6.45, 7) is 11.8. The Hall–Kier alpha value is -1.60. The second-order valence-electron chi connectivity index (χ2n) is 11.7. The van der Waals surface area contributed by atoms with Gasteiger partial charge in [-0.1, -0.05) is 33.7 Å². The number of hydrogen-bond donors (Lipinski definition) is 4. The number of aliphatic hydroxyl groups excluding tert-OH is 2. The van der Waals surface area contributed by atoms with Crippen LogP contribution in [0.5, 0.6) is 0 Å². The number of pyridine rings is 2. The number of aliphatic hydroxyl groups is 2.